The van der Waals surface area contributed by atoms with Crippen LogP contribution in [0.15, 0.2) is 73.4 Å². The first-order valence-corrected chi connectivity index (χ1v) is 36.8. The van der Waals surface area contributed by atoms with Crippen molar-refractivity contribution in [1.29, 1.82) is 0 Å². The van der Waals surface area contributed by atoms with Crippen LogP contribution in [0.25, 0.3) is 21.8 Å². The molecule has 1 saturated heterocycles. The molecule has 1 unspecified atom stereocenters. The van der Waals surface area contributed by atoms with Gasteiger partial charge >= 0.3 is 5.97 Å². The second kappa shape index (κ2) is 40.9. The van der Waals surface area contributed by atoms with E-state index in [4.69, 9.17) is 11.5 Å². The van der Waals surface area contributed by atoms with Crippen LogP contribution in [0.5, 0.6) is 0 Å². The standard InChI is InChI=1S/C68H98N18O15S2/c1-8-54(88)78-52-32-102-103-33-53(67(100)86-57(38(7)87)58(70)91)84-63(96)50(27-40-30-75-45-18-12-10-16-43(40)45)83-68(101)56(36(4)5)85-65(98)48(25-35(2)3)81-61(94)46(20-21-55(89)90)72-23-24-73-60(93)47(19-13-14-22-69)79-64(97)51(28-41-31-71-34-76-41)82-62(95)49(80-59(92)37(6)77-66(52)99)26-39-29-74-44-17-11-9-15-42(39)44/h9-12,15-18,29-31,34-38,46-53,56-57,72,74-75,87H,8,13-14,19-28,32-33,69H2,1-7H3,(H2,70,91)(H,71,76)(H,73,93)(H,77,99)(H,78,88)(H,79,97)(H,80,92)(H,81,94)(H,82,95)(H,83,101)(H,84,96)(H,85,98)(H,86,100)(H,89,90)/t37-,38?,46-,47-,48-,49-,50-,51-,52-,53-,56-,57-/m0/s1. The molecule has 4 heterocycles. The van der Waals surface area contributed by atoms with E-state index < -0.39 is 162 Å². The van der Waals surface area contributed by atoms with E-state index in [1.807, 2.05) is 6.07 Å². The van der Waals surface area contributed by atoms with Crippen molar-refractivity contribution in [2.24, 2.45) is 23.3 Å². The van der Waals surface area contributed by atoms with E-state index in [2.05, 4.69) is 83.7 Å². The summed E-state index contributed by atoms with van der Waals surface area (Å²) in [7, 11) is 1.88. The van der Waals surface area contributed by atoms with Crippen LogP contribution in [0, 0.1) is 11.8 Å². The number of aromatic nitrogens is 4. The molecule has 0 radical (unpaired) electrons. The molecule has 0 saturated carbocycles. The van der Waals surface area contributed by atoms with Crippen molar-refractivity contribution >= 4 is 120 Å². The van der Waals surface area contributed by atoms with Crippen molar-refractivity contribution in [2.75, 3.05) is 31.1 Å². The molecule has 103 heavy (non-hydrogen) atoms. The van der Waals surface area contributed by atoms with Gasteiger partial charge in [0, 0.05) is 103 Å². The van der Waals surface area contributed by atoms with E-state index in [0.717, 1.165) is 21.6 Å². The van der Waals surface area contributed by atoms with Gasteiger partial charge in [-0.2, -0.15) is 0 Å². The van der Waals surface area contributed by atoms with Crippen LogP contribution in [0.1, 0.15) is 110 Å². The molecule has 3 aromatic heterocycles. The Morgan fingerprint density at radius 3 is 1.74 bits per heavy atom. The average Bonchev–Trinajstić information content (AvgIpc) is 1.63. The number of imidazole rings is 1. The summed E-state index contributed by atoms with van der Waals surface area (Å²) < 4.78 is 0. The number of unbranched alkanes of at least 4 members (excludes halogenated alkanes) is 1. The number of hydrogen-bond acceptors (Lipinski definition) is 19. The first kappa shape index (κ1) is 82.4. The summed E-state index contributed by atoms with van der Waals surface area (Å²) in [5, 5.41) is 54.2. The van der Waals surface area contributed by atoms with Crippen molar-refractivity contribution in [3.8, 4) is 0 Å². The van der Waals surface area contributed by atoms with E-state index in [1.165, 1.54) is 26.4 Å². The Kier molecular flexibility index (Phi) is 32.7. The molecule has 1 fully saturated rings. The van der Waals surface area contributed by atoms with Crippen molar-refractivity contribution in [3.05, 3.63) is 90.3 Å². The number of nitrogens with two attached hydrogens (primary N) is 2. The number of carbonyl (C=O) groups is 13. The fraction of sp³-hybridized carbons (Fsp3) is 0.529. The van der Waals surface area contributed by atoms with Gasteiger partial charge in [-0.15, -0.1) is 0 Å². The number of aromatic amines is 3. The Hall–Kier alpha value is -9.58. The predicted octanol–water partition coefficient (Wildman–Crippen LogP) is -1.29. The Labute approximate surface area is 603 Å². The maximum Gasteiger partial charge on any atom is 0.303 e. The zero-order valence-electron chi connectivity index (χ0n) is 58.7. The molecule has 1 aliphatic rings. The number of rotatable bonds is 22. The number of aliphatic hydroxyl groups is 1. The number of para-hydroxylation sites is 2. The average molecular weight is 1470 g/mol. The van der Waals surface area contributed by atoms with Gasteiger partial charge in [-0.05, 0) is 87.6 Å². The molecule has 2 aromatic carbocycles. The molecule has 12 amide bonds. The molecule has 33 nitrogen and oxygen atoms in total. The zero-order chi connectivity index (χ0) is 75.4. The minimum absolute atomic E-state index is 0.0228. The first-order valence-electron chi connectivity index (χ1n) is 34.3. The monoisotopic (exact) mass is 1470 g/mol. The maximum atomic E-state index is 15.0. The van der Waals surface area contributed by atoms with E-state index in [9.17, 15) is 72.5 Å². The smallest absolute Gasteiger partial charge is 0.303 e. The van der Waals surface area contributed by atoms with Crippen molar-refractivity contribution in [3.63, 3.8) is 0 Å². The summed E-state index contributed by atoms with van der Waals surface area (Å²) in [5.41, 5.74) is 14.3. The van der Waals surface area contributed by atoms with E-state index >= 15 is 0 Å². The number of carboxylic acids is 1. The number of amides is 12. The van der Waals surface area contributed by atoms with Crippen LogP contribution < -0.4 is 75.3 Å². The summed E-state index contributed by atoms with van der Waals surface area (Å²) in [6.07, 6.45) is 4.06. The number of hydrogen-bond donors (Lipinski definition) is 19. The molecule has 0 spiro atoms. The number of benzene rings is 2. The van der Waals surface area contributed by atoms with Crippen molar-refractivity contribution in [2.45, 2.75) is 185 Å². The lowest BCUT2D eigenvalue weighted by atomic mass is 9.98. The van der Waals surface area contributed by atoms with Crippen LogP contribution in [0.2, 0.25) is 0 Å². The summed E-state index contributed by atoms with van der Waals surface area (Å²) in [5.74, 6) is -12.9. The third-order valence-corrected chi connectivity index (χ3v) is 19.4. The van der Waals surface area contributed by atoms with Crippen LogP contribution >= 0.6 is 21.6 Å². The predicted molar refractivity (Wildman–Crippen MR) is 386 cm³/mol. The normalized spacial score (nSPS) is 23.4. The Bertz CT molecular complexity index is 3740. The third-order valence-electron chi connectivity index (χ3n) is 17.0. The van der Waals surface area contributed by atoms with Gasteiger partial charge in [0.1, 0.15) is 60.4 Å². The Balaban J connectivity index is 1.40. The van der Waals surface area contributed by atoms with E-state index in [0.29, 0.717) is 51.5 Å². The molecule has 35 heteroatoms. The number of H-pyrrole nitrogens is 3. The number of carboxylic acid groups (broad SMARTS) is 1. The van der Waals surface area contributed by atoms with Gasteiger partial charge in [0.15, 0.2) is 0 Å². The molecular formula is C68H98N18O15S2. The Morgan fingerprint density at radius 2 is 1.17 bits per heavy atom. The highest BCUT2D eigenvalue weighted by molar-refractivity contribution is 8.76. The largest absolute Gasteiger partial charge is 0.481 e. The molecule has 0 aliphatic carbocycles. The number of aliphatic carboxylic acids is 1. The van der Waals surface area contributed by atoms with Gasteiger partial charge < -0.3 is 100 Å². The van der Waals surface area contributed by atoms with Crippen LogP contribution in [0.3, 0.4) is 0 Å². The summed E-state index contributed by atoms with van der Waals surface area (Å²) >= 11 is 0. The van der Waals surface area contributed by atoms with Gasteiger partial charge in [0.25, 0.3) is 0 Å². The van der Waals surface area contributed by atoms with Crippen LogP contribution in [-0.4, -0.2) is 211 Å². The molecule has 0 bridgehead atoms. The van der Waals surface area contributed by atoms with Gasteiger partial charge in [0.05, 0.1) is 18.5 Å². The first-order chi connectivity index (χ1) is 49.1. The van der Waals surface area contributed by atoms with Crippen molar-refractivity contribution in [1.82, 2.24) is 83.7 Å². The van der Waals surface area contributed by atoms with E-state index in [-0.39, 0.29) is 82.0 Å². The summed E-state index contributed by atoms with van der Waals surface area (Å²) in [6.45, 7) is 10.8. The SMILES string of the molecule is CCC(=O)N[C@H]1CSSC[C@@H](C(=O)N[C@H](C(N)=O)C(C)O)NC(=O)[C@H](Cc2c[nH]c3ccccc23)NC(=O)[C@H](C(C)C)NC(=O)[C@H](CC(C)C)NC(=O)[C@H](CCC(=O)O)NCCNC(=O)[C@H](CCCCN)NC(=O)[C@H](Cc2cnc[nH]2)NC(=O)[C@H](Cc2c[nH]c3ccccc23)NC(=O)[C@H](C)NC1=O. The van der Waals surface area contributed by atoms with Gasteiger partial charge in [-0.1, -0.05) is 92.6 Å². The highest BCUT2D eigenvalue weighted by Crippen LogP contribution is 2.25. The second-order valence-corrected chi connectivity index (χ2v) is 28.6. The molecule has 5 aromatic rings. The van der Waals surface area contributed by atoms with Gasteiger partial charge in [-0.25, -0.2) is 4.98 Å². The number of aliphatic hydroxyl groups excluding tert-OH is 1. The lowest BCUT2D eigenvalue weighted by molar-refractivity contribution is -0.138. The fourth-order valence-electron chi connectivity index (χ4n) is 11.3. The summed E-state index contributed by atoms with van der Waals surface area (Å²) in [4.78, 5) is 197. The number of nitrogens with one attached hydrogen (secondary N) is 15. The lowest BCUT2D eigenvalue weighted by Crippen LogP contribution is -2.61. The number of nitrogens with zero attached hydrogens (tertiary/aromatic N) is 1. The molecule has 562 valence electrons. The molecule has 12 atom stereocenters. The minimum atomic E-state index is -1.66. The highest BCUT2D eigenvalue weighted by atomic mass is 33.1. The van der Waals surface area contributed by atoms with Gasteiger partial charge in [0.2, 0.25) is 70.9 Å². The number of fused-ring (bicyclic) bond motifs is 2. The highest BCUT2D eigenvalue weighted by Gasteiger charge is 2.38. The zero-order valence-corrected chi connectivity index (χ0v) is 60.4. The van der Waals surface area contributed by atoms with Crippen LogP contribution in [0.4, 0.5) is 0 Å². The van der Waals surface area contributed by atoms with Gasteiger partial charge in [-0.3, -0.25) is 62.3 Å². The molecule has 1 aliphatic heterocycles. The minimum Gasteiger partial charge on any atom is -0.481 e. The quantitative estimate of drug-likeness (QED) is 0.0283. The fourth-order valence-corrected chi connectivity index (χ4v) is 13.6. The van der Waals surface area contributed by atoms with Crippen LogP contribution in [-0.2, 0) is 81.6 Å². The number of primary amides is 1. The topological polar surface area (TPSA) is 519 Å². The second-order valence-electron chi connectivity index (χ2n) is 26.1. The third kappa shape index (κ3) is 25.7. The maximum absolute atomic E-state index is 15.0. The lowest BCUT2D eigenvalue weighted by Gasteiger charge is -2.29. The van der Waals surface area contributed by atoms with E-state index in [1.54, 1.807) is 89.5 Å². The molecule has 6 rings (SSSR count). The van der Waals surface area contributed by atoms with Crippen molar-refractivity contribution < 1.29 is 72.5 Å². The Morgan fingerprint density at radius 1 is 0.621 bits per heavy atom. The molecular weight excluding hydrogens is 1370 g/mol. The molecule has 21 N–H and O–H groups in total. The summed E-state index contributed by atoms with van der Waals surface area (Å²) in [6, 6.07) is -1.33. The number of carbonyl (C=O) groups excluding carboxylic acids is 12.